The van der Waals surface area contributed by atoms with Gasteiger partial charge in [-0.1, -0.05) is 30.3 Å². The van der Waals surface area contributed by atoms with Crippen LogP contribution >= 0.6 is 0 Å². The predicted molar refractivity (Wildman–Crippen MR) is 73.0 cm³/mol. The van der Waals surface area contributed by atoms with E-state index in [1.807, 2.05) is 37.3 Å². The molecule has 4 nitrogen and oxygen atoms in total. The number of carbonyl (C=O) groups is 2. The van der Waals surface area contributed by atoms with E-state index >= 15 is 0 Å². The van der Waals surface area contributed by atoms with E-state index in [4.69, 9.17) is 0 Å². The molecule has 1 aliphatic heterocycles. The molecule has 0 spiro atoms. The van der Waals surface area contributed by atoms with Gasteiger partial charge in [0.15, 0.2) is 5.78 Å². The quantitative estimate of drug-likeness (QED) is 0.814. The van der Waals surface area contributed by atoms with Crippen molar-refractivity contribution in [2.45, 2.75) is 26.8 Å². The minimum atomic E-state index is -0.985. The molecule has 0 saturated carbocycles. The Morgan fingerprint density at radius 3 is 2.37 bits per heavy atom. The third kappa shape index (κ3) is 2.67. The second-order valence-electron chi connectivity index (χ2n) is 5.28. The van der Waals surface area contributed by atoms with Gasteiger partial charge in [-0.15, -0.1) is 0 Å². The summed E-state index contributed by atoms with van der Waals surface area (Å²) >= 11 is 0. The molecule has 0 aromatic heterocycles. The van der Waals surface area contributed by atoms with Gasteiger partial charge in [-0.3, -0.25) is 9.59 Å². The summed E-state index contributed by atoms with van der Waals surface area (Å²) in [6.07, 6.45) is 1.46. The van der Waals surface area contributed by atoms with Gasteiger partial charge in [0, 0.05) is 12.1 Å². The van der Waals surface area contributed by atoms with Crippen LogP contribution in [-0.2, 0) is 9.59 Å². The maximum atomic E-state index is 11.9. The average molecular weight is 258 g/mol. The van der Waals surface area contributed by atoms with Gasteiger partial charge < -0.3 is 10.6 Å². The van der Waals surface area contributed by atoms with Crippen LogP contribution in [0.5, 0.6) is 0 Å². The molecule has 0 unspecified atom stereocenters. The van der Waals surface area contributed by atoms with E-state index in [-0.39, 0.29) is 17.7 Å². The van der Waals surface area contributed by atoms with Crippen LogP contribution in [0.15, 0.2) is 42.2 Å². The highest BCUT2D eigenvalue weighted by Crippen LogP contribution is 2.23. The van der Waals surface area contributed by atoms with Crippen molar-refractivity contribution in [3.8, 4) is 0 Å². The fraction of sp³-hybridized carbons (Fsp3) is 0.333. The van der Waals surface area contributed by atoms with Crippen LogP contribution in [0.25, 0.3) is 0 Å². The molecule has 4 heteroatoms. The molecule has 2 rings (SSSR count). The van der Waals surface area contributed by atoms with Gasteiger partial charge in [0.25, 0.3) is 0 Å². The molecular weight excluding hydrogens is 240 g/mol. The summed E-state index contributed by atoms with van der Waals surface area (Å²) in [6, 6.07) is 9.86. The molecule has 0 fully saturated rings. The van der Waals surface area contributed by atoms with Crippen LogP contribution in [-0.4, -0.2) is 11.7 Å². The first-order valence-electron chi connectivity index (χ1n) is 6.30. The molecule has 19 heavy (non-hydrogen) atoms. The zero-order valence-electron chi connectivity index (χ0n) is 11.4. The highest BCUT2D eigenvalue weighted by molar-refractivity contribution is 6.13. The predicted octanol–water partition coefficient (Wildman–Crippen LogP) is 1.90. The Morgan fingerprint density at radius 2 is 1.79 bits per heavy atom. The normalized spacial score (nSPS) is 19.4. The van der Waals surface area contributed by atoms with E-state index in [9.17, 15) is 9.59 Å². The molecule has 1 amide bonds. The van der Waals surface area contributed by atoms with Crippen LogP contribution in [0.1, 0.15) is 32.4 Å². The average Bonchev–Trinajstić information content (AvgIpc) is 2.37. The number of rotatable bonds is 3. The number of allylic oxidation sites excluding steroid dienone is 1. The zero-order valence-corrected chi connectivity index (χ0v) is 11.4. The second kappa shape index (κ2) is 4.88. The molecule has 0 radical (unpaired) electrons. The summed E-state index contributed by atoms with van der Waals surface area (Å²) in [5.41, 5.74) is 0.108. The van der Waals surface area contributed by atoms with Crippen molar-refractivity contribution in [3.63, 3.8) is 0 Å². The first-order chi connectivity index (χ1) is 8.91. The molecule has 2 N–H and O–H groups in total. The Morgan fingerprint density at radius 1 is 1.16 bits per heavy atom. The van der Waals surface area contributed by atoms with Crippen LogP contribution in [0.2, 0.25) is 0 Å². The van der Waals surface area contributed by atoms with Gasteiger partial charge >= 0.3 is 0 Å². The Bertz CT molecular complexity index is 532. The minimum Gasteiger partial charge on any atom is -0.365 e. The highest BCUT2D eigenvalue weighted by atomic mass is 16.2. The van der Waals surface area contributed by atoms with E-state index in [0.29, 0.717) is 5.82 Å². The third-order valence-corrected chi connectivity index (χ3v) is 3.38. The molecule has 100 valence electrons. The first kappa shape index (κ1) is 13.3. The number of amides is 1. The van der Waals surface area contributed by atoms with E-state index in [0.717, 1.165) is 5.56 Å². The lowest BCUT2D eigenvalue weighted by molar-refractivity contribution is -0.138. The summed E-state index contributed by atoms with van der Waals surface area (Å²) < 4.78 is 0. The summed E-state index contributed by atoms with van der Waals surface area (Å²) in [5.74, 6) is 0.00690. The number of ketones is 1. The number of hydrogen-bond acceptors (Lipinski definition) is 3. The molecular formula is C15H18N2O2. The summed E-state index contributed by atoms with van der Waals surface area (Å²) in [6.45, 7) is 5.23. The van der Waals surface area contributed by atoms with E-state index in [1.165, 1.54) is 6.08 Å². The van der Waals surface area contributed by atoms with E-state index < -0.39 is 5.41 Å². The Balaban J connectivity index is 2.13. The lowest BCUT2D eigenvalue weighted by atomic mass is 9.85. The maximum Gasteiger partial charge on any atom is 0.238 e. The maximum absolute atomic E-state index is 11.9. The Kier molecular flexibility index (Phi) is 3.42. The van der Waals surface area contributed by atoms with E-state index in [1.54, 1.807) is 13.8 Å². The van der Waals surface area contributed by atoms with Crippen molar-refractivity contribution in [2.24, 2.45) is 5.41 Å². The molecule has 1 heterocycles. The monoisotopic (exact) mass is 258 g/mol. The minimum absolute atomic E-state index is 0.0155. The van der Waals surface area contributed by atoms with E-state index in [2.05, 4.69) is 10.6 Å². The smallest absolute Gasteiger partial charge is 0.238 e. The van der Waals surface area contributed by atoms with Crippen LogP contribution in [0.4, 0.5) is 0 Å². The topological polar surface area (TPSA) is 58.2 Å². The van der Waals surface area contributed by atoms with Crippen molar-refractivity contribution in [2.75, 3.05) is 0 Å². The second-order valence-corrected chi connectivity index (χ2v) is 5.28. The third-order valence-electron chi connectivity index (χ3n) is 3.38. The fourth-order valence-corrected chi connectivity index (χ4v) is 1.87. The van der Waals surface area contributed by atoms with Crippen molar-refractivity contribution < 1.29 is 9.59 Å². The Labute approximate surface area is 112 Å². The van der Waals surface area contributed by atoms with Gasteiger partial charge in [0.05, 0.1) is 0 Å². The van der Waals surface area contributed by atoms with Gasteiger partial charge in [0.2, 0.25) is 5.91 Å². The molecule has 0 bridgehead atoms. The lowest BCUT2D eigenvalue weighted by Crippen LogP contribution is -2.48. The van der Waals surface area contributed by atoms with Crippen LogP contribution in [0.3, 0.4) is 0 Å². The largest absolute Gasteiger partial charge is 0.365 e. The van der Waals surface area contributed by atoms with Crippen molar-refractivity contribution >= 4 is 11.7 Å². The zero-order chi connectivity index (χ0) is 14.0. The highest BCUT2D eigenvalue weighted by Gasteiger charge is 2.38. The van der Waals surface area contributed by atoms with Gasteiger partial charge in [-0.05, 0) is 26.3 Å². The number of nitrogens with one attached hydrogen (secondary N) is 2. The summed E-state index contributed by atoms with van der Waals surface area (Å²) in [5, 5.41) is 5.87. The van der Waals surface area contributed by atoms with Gasteiger partial charge in [-0.25, -0.2) is 0 Å². The molecule has 1 aromatic rings. The SMILES string of the molecule is C[C@@H](NC1=CC(=O)C(C)(C)C(=O)N1)c1ccccc1. The first-order valence-corrected chi connectivity index (χ1v) is 6.30. The molecule has 1 atom stereocenters. The van der Waals surface area contributed by atoms with Gasteiger partial charge in [-0.2, -0.15) is 0 Å². The molecule has 0 aliphatic carbocycles. The summed E-state index contributed by atoms with van der Waals surface area (Å²) in [7, 11) is 0. The fourth-order valence-electron chi connectivity index (χ4n) is 1.87. The van der Waals surface area contributed by atoms with Crippen LogP contribution < -0.4 is 10.6 Å². The molecule has 0 saturated heterocycles. The van der Waals surface area contributed by atoms with Crippen LogP contribution in [0, 0.1) is 5.41 Å². The summed E-state index contributed by atoms with van der Waals surface area (Å²) in [4.78, 5) is 23.7. The van der Waals surface area contributed by atoms with Gasteiger partial charge in [0.1, 0.15) is 11.2 Å². The number of carbonyl (C=O) groups excluding carboxylic acids is 2. The molecule has 1 aliphatic rings. The Hall–Kier alpha value is -2.10. The molecule has 1 aromatic carbocycles. The lowest BCUT2D eigenvalue weighted by Gasteiger charge is -2.28. The number of benzene rings is 1. The number of hydrogen-bond donors (Lipinski definition) is 2. The van der Waals surface area contributed by atoms with Crippen molar-refractivity contribution in [1.82, 2.24) is 10.6 Å². The van der Waals surface area contributed by atoms with Crippen molar-refractivity contribution in [3.05, 3.63) is 47.8 Å². The van der Waals surface area contributed by atoms with Crippen molar-refractivity contribution in [1.29, 1.82) is 0 Å². The standard InChI is InChI=1S/C15H18N2O2/c1-10(11-7-5-4-6-8-11)16-13-9-12(18)15(2,3)14(19)17-13/h4-10,16H,1-3H3,(H,17,19)/t10-/m1/s1.